The molecule has 1 aliphatic heterocycles. The van der Waals surface area contributed by atoms with Crippen LogP contribution in [0.4, 0.5) is 10.1 Å². The molecule has 0 saturated carbocycles. The Morgan fingerprint density at radius 1 is 1.47 bits per heavy atom. The zero-order valence-corrected chi connectivity index (χ0v) is 10.3. The van der Waals surface area contributed by atoms with E-state index in [1.54, 1.807) is 12.1 Å². The third-order valence-electron chi connectivity index (χ3n) is 2.88. The summed E-state index contributed by atoms with van der Waals surface area (Å²) < 4.78 is 18.9. The van der Waals surface area contributed by atoms with Gasteiger partial charge in [-0.15, -0.1) is 0 Å². The molecule has 3 nitrogen and oxygen atoms in total. The van der Waals surface area contributed by atoms with Crippen molar-refractivity contribution >= 4 is 11.6 Å². The van der Waals surface area contributed by atoms with Gasteiger partial charge < -0.3 is 10.5 Å². The molecule has 0 spiro atoms. The zero-order chi connectivity index (χ0) is 12.6. The van der Waals surface area contributed by atoms with Crippen molar-refractivity contribution in [3.63, 3.8) is 0 Å². The van der Waals surface area contributed by atoms with Crippen LogP contribution in [0.25, 0.3) is 0 Å². The van der Waals surface area contributed by atoms with Crippen LogP contribution in [0.2, 0.25) is 0 Å². The highest BCUT2D eigenvalue weighted by Gasteiger charge is 2.29. The lowest BCUT2D eigenvalue weighted by Gasteiger charge is -2.12. The van der Waals surface area contributed by atoms with Gasteiger partial charge in [0.1, 0.15) is 12.4 Å². The van der Waals surface area contributed by atoms with Gasteiger partial charge in [0.15, 0.2) is 5.90 Å². The number of hydrogen-bond acceptors (Lipinski definition) is 3. The van der Waals surface area contributed by atoms with Crippen LogP contribution in [-0.4, -0.2) is 18.0 Å². The number of nitrogens with two attached hydrogens (primary N) is 1. The molecule has 0 aliphatic carbocycles. The average molecular weight is 236 g/mol. The number of aliphatic imine (C=N–C) groups is 1. The summed E-state index contributed by atoms with van der Waals surface area (Å²) in [5, 5.41) is 0. The summed E-state index contributed by atoms with van der Waals surface area (Å²) in [4.78, 5) is 4.49. The van der Waals surface area contributed by atoms with Crippen LogP contribution in [0, 0.1) is 5.82 Å². The Morgan fingerprint density at radius 2 is 2.18 bits per heavy atom. The second-order valence-corrected chi connectivity index (χ2v) is 5.05. The van der Waals surface area contributed by atoms with Gasteiger partial charge in [0.2, 0.25) is 0 Å². The highest BCUT2D eigenvalue weighted by atomic mass is 19.1. The molecular formula is C13H17FN2O. The Labute approximate surface area is 100 Å². The van der Waals surface area contributed by atoms with E-state index in [0.29, 0.717) is 12.5 Å². The second-order valence-electron chi connectivity index (χ2n) is 5.05. The van der Waals surface area contributed by atoms with E-state index in [1.807, 2.05) is 20.8 Å². The van der Waals surface area contributed by atoms with E-state index < -0.39 is 5.82 Å². The first-order valence-corrected chi connectivity index (χ1v) is 5.66. The lowest BCUT2D eigenvalue weighted by molar-refractivity contribution is 0.272. The maximum absolute atomic E-state index is 13.4. The van der Waals surface area contributed by atoms with Gasteiger partial charge in [-0.05, 0) is 38.5 Å². The number of rotatable bonds is 2. The van der Waals surface area contributed by atoms with Gasteiger partial charge in [-0.1, -0.05) is 6.07 Å². The van der Waals surface area contributed by atoms with E-state index >= 15 is 0 Å². The molecule has 0 amide bonds. The fourth-order valence-electron chi connectivity index (χ4n) is 1.79. The van der Waals surface area contributed by atoms with Crippen molar-refractivity contribution in [1.29, 1.82) is 0 Å². The van der Waals surface area contributed by atoms with Gasteiger partial charge in [-0.25, -0.2) is 9.38 Å². The molecule has 4 heteroatoms. The topological polar surface area (TPSA) is 47.6 Å². The van der Waals surface area contributed by atoms with Crippen molar-refractivity contribution in [1.82, 2.24) is 0 Å². The summed E-state index contributed by atoms with van der Waals surface area (Å²) in [7, 11) is 0. The SMILES string of the molecule is CC(C1=NC(C)(C)CO1)c1ccc(N)c(F)c1. The van der Waals surface area contributed by atoms with Crippen molar-refractivity contribution in [3.8, 4) is 0 Å². The summed E-state index contributed by atoms with van der Waals surface area (Å²) in [5.74, 6) is 0.221. The van der Waals surface area contributed by atoms with Crippen LogP contribution < -0.4 is 5.73 Å². The third-order valence-corrected chi connectivity index (χ3v) is 2.88. The van der Waals surface area contributed by atoms with Crippen LogP contribution in [0.3, 0.4) is 0 Å². The molecule has 0 aromatic heterocycles. The van der Waals surface area contributed by atoms with E-state index in [9.17, 15) is 4.39 Å². The highest BCUT2D eigenvalue weighted by molar-refractivity contribution is 5.85. The fourth-order valence-corrected chi connectivity index (χ4v) is 1.79. The van der Waals surface area contributed by atoms with Gasteiger partial charge in [-0.3, -0.25) is 0 Å². The van der Waals surface area contributed by atoms with Crippen molar-refractivity contribution in [2.24, 2.45) is 4.99 Å². The first kappa shape index (κ1) is 11.9. The molecule has 2 N–H and O–H groups in total. The Bertz CT molecular complexity index is 468. The molecule has 92 valence electrons. The van der Waals surface area contributed by atoms with Crippen LogP contribution in [0.1, 0.15) is 32.3 Å². The van der Waals surface area contributed by atoms with Crippen LogP contribution in [0.5, 0.6) is 0 Å². The van der Waals surface area contributed by atoms with Crippen LogP contribution in [0.15, 0.2) is 23.2 Å². The van der Waals surface area contributed by atoms with Gasteiger partial charge >= 0.3 is 0 Å². The number of halogens is 1. The maximum atomic E-state index is 13.4. The molecule has 1 aromatic carbocycles. The van der Waals surface area contributed by atoms with Crippen molar-refractivity contribution in [2.45, 2.75) is 32.2 Å². The molecule has 2 rings (SSSR count). The molecule has 1 unspecified atom stereocenters. The first-order chi connectivity index (χ1) is 7.89. The summed E-state index contributed by atoms with van der Waals surface area (Å²) in [6.07, 6.45) is 0. The summed E-state index contributed by atoms with van der Waals surface area (Å²) in [6.45, 7) is 6.54. The van der Waals surface area contributed by atoms with E-state index in [0.717, 1.165) is 5.56 Å². The van der Waals surface area contributed by atoms with Gasteiger partial charge in [0.05, 0.1) is 17.1 Å². The molecule has 0 fully saturated rings. The molecule has 1 aromatic rings. The van der Waals surface area contributed by atoms with E-state index in [-0.39, 0.29) is 17.1 Å². The van der Waals surface area contributed by atoms with Crippen LogP contribution >= 0.6 is 0 Å². The van der Waals surface area contributed by atoms with Crippen molar-refractivity contribution < 1.29 is 9.13 Å². The first-order valence-electron chi connectivity index (χ1n) is 5.66. The minimum atomic E-state index is -0.396. The largest absolute Gasteiger partial charge is 0.478 e. The standard InChI is InChI=1S/C13H17FN2O/c1-8(12-16-13(2,3)7-17-12)9-4-5-11(15)10(14)6-9/h4-6,8H,7,15H2,1-3H3. The number of nitrogens with zero attached hydrogens (tertiary/aromatic N) is 1. The molecule has 1 atom stereocenters. The molecule has 1 aliphatic rings. The molecule has 0 saturated heterocycles. The Hall–Kier alpha value is -1.58. The molecule has 17 heavy (non-hydrogen) atoms. The fraction of sp³-hybridized carbons (Fsp3) is 0.462. The predicted octanol–water partition coefficient (Wildman–Crippen LogP) is 2.72. The van der Waals surface area contributed by atoms with Gasteiger partial charge in [0, 0.05) is 0 Å². The predicted molar refractivity (Wildman–Crippen MR) is 66.7 cm³/mol. The lowest BCUT2D eigenvalue weighted by Crippen LogP contribution is -2.17. The normalized spacial score (nSPS) is 19.6. The quantitative estimate of drug-likeness (QED) is 0.802. The molecule has 1 heterocycles. The maximum Gasteiger partial charge on any atom is 0.191 e. The summed E-state index contributed by atoms with van der Waals surface area (Å²) in [6, 6.07) is 4.82. The number of nitrogen functional groups attached to an aromatic ring is 1. The smallest absolute Gasteiger partial charge is 0.191 e. The average Bonchev–Trinajstić information content (AvgIpc) is 2.62. The minimum absolute atomic E-state index is 0.0492. The minimum Gasteiger partial charge on any atom is -0.478 e. The number of hydrogen-bond donors (Lipinski definition) is 1. The van der Waals surface area contributed by atoms with Crippen LogP contribution in [-0.2, 0) is 4.74 Å². The van der Waals surface area contributed by atoms with E-state index in [2.05, 4.69) is 4.99 Å². The highest BCUT2D eigenvalue weighted by Crippen LogP contribution is 2.27. The van der Waals surface area contributed by atoms with E-state index in [4.69, 9.17) is 10.5 Å². The Balaban J connectivity index is 2.26. The van der Waals surface area contributed by atoms with Gasteiger partial charge in [0.25, 0.3) is 0 Å². The Morgan fingerprint density at radius 3 is 2.71 bits per heavy atom. The number of ether oxygens (including phenoxy) is 1. The molecular weight excluding hydrogens is 219 g/mol. The monoisotopic (exact) mass is 236 g/mol. The van der Waals surface area contributed by atoms with Crippen molar-refractivity contribution in [2.75, 3.05) is 12.3 Å². The van der Waals surface area contributed by atoms with Crippen molar-refractivity contribution in [3.05, 3.63) is 29.6 Å². The third kappa shape index (κ3) is 2.40. The zero-order valence-electron chi connectivity index (χ0n) is 10.3. The lowest BCUT2D eigenvalue weighted by atomic mass is 10.0. The second kappa shape index (κ2) is 4.02. The summed E-state index contributed by atoms with van der Waals surface area (Å²) in [5.41, 5.74) is 6.25. The molecule has 0 bridgehead atoms. The molecule has 0 radical (unpaired) electrons. The Kier molecular flexibility index (Phi) is 2.81. The van der Waals surface area contributed by atoms with Gasteiger partial charge in [-0.2, -0.15) is 0 Å². The number of benzene rings is 1. The summed E-state index contributed by atoms with van der Waals surface area (Å²) >= 11 is 0. The van der Waals surface area contributed by atoms with E-state index in [1.165, 1.54) is 6.07 Å². The number of anilines is 1.